The summed E-state index contributed by atoms with van der Waals surface area (Å²) in [7, 11) is 0. The quantitative estimate of drug-likeness (QED) is 0.709. The molecule has 0 spiro atoms. The molecule has 0 amide bonds. The molecule has 1 saturated heterocycles. The van der Waals surface area contributed by atoms with Gasteiger partial charge in [0.05, 0.1) is 12.7 Å². The molecular weight excluding hydrogens is 264 g/mol. The molecule has 1 aliphatic heterocycles. The number of hydrogen-bond acceptors (Lipinski definition) is 3. The van der Waals surface area contributed by atoms with E-state index in [9.17, 15) is 0 Å². The van der Waals surface area contributed by atoms with Gasteiger partial charge in [-0.15, -0.1) is 13.2 Å². The van der Waals surface area contributed by atoms with E-state index in [1.807, 2.05) is 38.1 Å². The smallest absolute Gasteiger partial charge is 0.164 e. The predicted molar refractivity (Wildman–Crippen MR) is 84.0 cm³/mol. The van der Waals surface area contributed by atoms with Crippen molar-refractivity contribution < 1.29 is 14.2 Å². The minimum Gasteiger partial charge on any atom is -0.371 e. The van der Waals surface area contributed by atoms with Gasteiger partial charge in [0.1, 0.15) is 12.2 Å². The maximum absolute atomic E-state index is 6.10. The topological polar surface area (TPSA) is 27.7 Å². The Labute approximate surface area is 127 Å². The Kier molecular flexibility index (Phi) is 5.34. The zero-order chi connectivity index (χ0) is 15.3. The number of rotatable bonds is 7. The van der Waals surface area contributed by atoms with E-state index in [2.05, 4.69) is 25.3 Å². The van der Waals surface area contributed by atoms with Gasteiger partial charge in [0, 0.05) is 0 Å². The number of benzene rings is 1. The molecule has 0 bridgehead atoms. The van der Waals surface area contributed by atoms with Gasteiger partial charge in [0.25, 0.3) is 0 Å². The van der Waals surface area contributed by atoms with Gasteiger partial charge in [0.15, 0.2) is 5.79 Å². The van der Waals surface area contributed by atoms with Crippen molar-refractivity contribution in [3.05, 3.63) is 61.2 Å². The Balaban J connectivity index is 2.23. The van der Waals surface area contributed by atoms with E-state index in [-0.39, 0.29) is 18.3 Å². The van der Waals surface area contributed by atoms with Crippen LogP contribution >= 0.6 is 0 Å². The lowest BCUT2D eigenvalue weighted by Crippen LogP contribution is -2.34. The van der Waals surface area contributed by atoms with Crippen molar-refractivity contribution in [3.63, 3.8) is 0 Å². The first-order chi connectivity index (χ1) is 10.1. The fraction of sp³-hybridized carbons (Fsp3) is 0.444. The van der Waals surface area contributed by atoms with Crippen LogP contribution in [0.3, 0.4) is 0 Å². The molecule has 0 saturated carbocycles. The highest BCUT2D eigenvalue weighted by Gasteiger charge is 2.45. The first-order valence-electron chi connectivity index (χ1n) is 7.31. The number of hydrogen-bond donors (Lipinski definition) is 0. The van der Waals surface area contributed by atoms with Crippen molar-refractivity contribution >= 4 is 0 Å². The summed E-state index contributed by atoms with van der Waals surface area (Å²) in [6.07, 6.45) is 3.89. The van der Waals surface area contributed by atoms with Crippen LogP contribution in [0, 0.1) is 0 Å². The third kappa shape index (κ3) is 4.03. The molecule has 0 N–H and O–H groups in total. The molecule has 3 heteroatoms. The molecule has 1 aromatic rings. The molecule has 2 rings (SSSR count). The first kappa shape index (κ1) is 16.0. The molecule has 3 nitrogen and oxygen atoms in total. The van der Waals surface area contributed by atoms with Crippen LogP contribution in [0.25, 0.3) is 0 Å². The molecule has 1 aliphatic rings. The van der Waals surface area contributed by atoms with Crippen LogP contribution in [0.4, 0.5) is 0 Å². The van der Waals surface area contributed by atoms with E-state index in [0.29, 0.717) is 13.0 Å². The second-order valence-electron chi connectivity index (χ2n) is 5.62. The third-order valence-electron chi connectivity index (χ3n) is 3.45. The lowest BCUT2D eigenvalue weighted by Gasteiger charge is -2.26. The third-order valence-corrected chi connectivity index (χ3v) is 3.45. The van der Waals surface area contributed by atoms with Crippen molar-refractivity contribution in [1.82, 2.24) is 0 Å². The van der Waals surface area contributed by atoms with E-state index in [1.54, 1.807) is 6.08 Å². The molecule has 0 radical (unpaired) electrons. The monoisotopic (exact) mass is 288 g/mol. The summed E-state index contributed by atoms with van der Waals surface area (Å²) < 4.78 is 18.1. The van der Waals surface area contributed by atoms with Crippen LogP contribution in [0.2, 0.25) is 0 Å². The molecule has 0 aromatic heterocycles. The van der Waals surface area contributed by atoms with Crippen molar-refractivity contribution in [2.24, 2.45) is 0 Å². The molecule has 0 aliphatic carbocycles. The molecule has 1 fully saturated rings. The zero-order valence-corrected chi connectivity index (χ0v) is 12.8. The highest BCUT2D eigenvalue weighted by Crippen LogP contribution is 2.40. The average Bonchev–Trinajstić information content (AvgIpc) is 2.80. The van der Waals surface area contributed by atoms with Gasteiger partial charge in [-0.05, 0) is 25.8 Å². The highest BCUT2D eigenvalue weighted by molar-refractivity contribution is 5.20. The SMILES string of the molecule is C=CCOC(CC=C)[C@@H]1OC(C)(C)O[C@H]1c1ccccc1. The van der Waals surface area contributed by atoms with Gasteiger partial charge < -0.3 is 14.2 Å². The molecule has 21 heavy (non-hydrogen) atoms. The summed E-state index contributed by atoms with van der Waals surface area (Å²) in [5.41, 5.74) is 1.10. The second-order valence-corrected chi connectivity index (χ2v) is 5.62. The summed E-state index contributed by atoms with van der Waals surface area (Å²) in [5.74, 6) is -0.623. The molecule has 1 aromatic carbocycles. The second kappa shape index (κ2) is 7.03. The van der Waals surface area contributed by atoms with Crippen molar-refractivity contribution in [1.29, 1.82) is 0 Å². The zero-order valence-electron chi connectivity index (χ0n) is 12.8. The Bertz CT molecular complexity index is 467. The molecule has 114 valence electrons. The van der Waals surface area contributed by atoms with Crippen molar-refractivity contribution in [3.8, 4) is 0 Å². The summed E-state index contributed by atoms with van der Waals surface area (Å²) in [4.78, 5) is 0. The van der Waals surface area contributed by atoms with Crippen LogP contribution < -0.4 is 0 Å². The van der Waals surface area contributed by atoms with Crippen LogP contribution in [0.5, 0.6) is 0 Å². The molecular formula is C18H24O3. The lowest BCUT2D eigenvalue weighted by atomic mass is 9.98. The molecule has 1 heterocycles. The fourth-order valence-corrected chi connectivity index (χ4v) is 2.61. The summed E-state index contributed by atoms with van der Waals surface area (Å²) in [6.45, 7) is 11.9. The van der Waals surface area contributed by atoms with E-state index >= 15 is 0 Å². The van der Waals surface area contributed by atoms with Gasteiger partial charge in [-0.25, -0.2) is 0 Å². The van der Waals surface area contributed by atoms with Gasteiger partial charge in [-0.2, -0.15) is 0 Å². The maximum atomic E-state index is 6.10. The van der Waals surface area contributed by atoms with Crippen LogP contribution in [0.15, 0.2) is 55.6 Å². The molecule has 1 unspecified atom stereocenters. The van der Waals surface area contributed by atoms with Crippen LogP contribution in [-0.2, 0) is 14.2 Å². The summed E-state index contributed by atoms with van der Waals surface area (Å²) in [6, 6.07) is 10.1. The normalized spacial score (nSPS) is 25.4. The van der Waals surface area contributed by atoms with E-state index < -0.39 is 5.79 Å². The van der Waals surface area contributed by atoms with Gasteiger partial charge in [0.2, 0.25) is 0 Å². The fourth-order valence-electron chi connectivity index (χ4n) is 2.61. The van der Waals surface area contributed by atoms with Gasteiger partial charge >= 0.3 is 0 Å². The Morgan fingerprint density at radius 3 is 2.52 bits per heavy atom. The van der Waals surface area contributed by atoms with Gasteiger partial charge in [-0.3, -0.25) is 0 Å². The van der Waals surface area contributed by atoms with E-state index in [4.69, 9.17) is 14.2 Å². The molecule has 3 atom stereocenters. The Morgan fingerprint density at radius 1 is 1.19 bits per heavy atom. The van der Waals surface area contributed by atoms with E-state index in [0.717, 1.165) is 5.56 Å². The minimum absolute atomic E-state index is 0.104. The van der Waals surface area contributed by atoms with Crippen molar-refractivity contribution in [2.75, 3.05) is 6.61 Å². The Morgan fingerprint density at radius 2 is 1.90 bits per heavy atom. The lowest BCUT2D eigenvalue weighted by molar-refractivity contribution is -0.158. The maximum Gasteiger partial charge on any atom is 0.164 e. The Hall–Kier alpha value is -1.42. The van der Waals surface area contributed by atoms with Gasteiger partial charge in [-0.1, -0.05) is 42.5 Å². The summed E-state index contributed by atoms with van der Waals surface area (Å²) in [5, 5.41) is 0. The van der Waals surface area contributed by atoms with Crippen molar-refractivity contribution in [2.45, 2.75) is 44.4 Å². The highest BCUT2D eigenvalue weighted by atomic mass is 16.8. The van der Waals surface area contributed by atoms with Crippen LogP contribution in [-0.4, -0.2) is 24.6 Å². The van der Waals surface area contributed by atoms with E-state index in [1.165, 1.54) is 0 Å². The average molecular weight is 288 g/mol. The predicted octanol–water partition coefficient (Wildman–Crippen LogP) is 4.03. The summed E-state index contributed by atoms with van der Waals surface area (Å²) >= 11 is 0. The first-order valence-corrected chi connectivity index (χ1v) is 7.31. The minimum atomic E-state index is -0.623. The largest absolute Gasteiger partial charge is 0.371 e. The van der Waals surface area contributed by atoms with Crippen LogP contribution in [0.1, 0.15) is 31.9 Å². The number of ether oxygens (including phenoxy) is 3. The standard InChI is InChI=1S/C18H24O3/c1-5-10-15(19-13-6-2)17-16(20-18(3,4)21-17)14-11-8-7-9-12-14/h5-9,11-12,15-17H,1-2,10,13H2,3-4H3/t15?,16-,17-/m0/s1.